The molecule has 5 heteroatoms. The molecule has 0 aliphatic carbocycles. The maximum atomic E-state index is 12.2. The average molecular weight is 302 g/mol. The number of nitrogens with one attached hydrogen (secondary N) is 2. The van der Waals surface area contributed by atoms with Gasteiger partial charge in [-0.25, -0.2) is 0 Å². The van der Waals surface area contributed by atoms with Crippen molar-refractivity contribution in [3.05, 3.63) is 51.2 Å². The summed E-state index contributed by atoms with van der Waals surface area (Å²) in [5, 5.41) is 5.40. The second kappa shape index (κ2) is 6.54. The first kappa shape index (κ1) is 15.3. The molecule has 0 unspecified atom stereocenters. The van der Waals surface area contributed by atoms with E-state index in [2.05, 4.69) is 17.6 Å². The third kappa shape index (κ3) is 3.49. The highest BCUT2D eigenvalue weighted by atomic mass is 32.1. The van der Waals surface area contributed by atoms with Gasteiger partial charge in [-0.1, -0.05) is 13.0 Å². The first-order valence-corrected chi connectivity index (χ1v) is 7.59. The van der Waals surface area contributed by atoms with Gasteiger partial charge in [0.25, 0.3) is 11.8 Å². The summed E-state index contributed by atoms with van der Waals surface area (Å²) in [7, 11) is 1.58. The van der Waals surface area contributed by atoms with Crippen molar-refractivity contribution in [2.24, 2.45) is 0 Å². The van der Waals surface area contributed by atoms with E-state index in [0.717, 1.165) is 12.0 Å². The van der Waals surface area contributed by atoms with Gasteiger partial charge in [-0.3, -0.25) is 9.59 Å². The second-order valence-corrected chi connectivity index (χ2v) is 5.82. The minimum Gasteiger partial charge on any atom is -0.355 e. The van der Waals surface area contributed by atoms with E-state index in [1.807, 2.05) is 13.0 Å². The zero-order valence-corrected chi connectivity index (χ0v) is 13.1. The number of carbonyl (C=O) groups excluding carboxylic acids is 2. The van der Waals surface area contributed by atoms with E-state index in [4.69, 9.17) is 0 Å². The van der Waals surface area contributed by atoms with E-state index >= 15 is 0 Å². The van der Waals surface area contributed by atoms with Crippen LogP contribution in [0.4, 0.5) is 5.69 Å². The zero-order valence-electron chi connectivity index (χ0n) is 12.3. The van der Waals surface area contributed by atoms with E-state index in [1.165, 1.54) is 16.2 Å². The molecule has 0 radical (unpaired) electrons. The zero-order chi connectivity index (χ0) is 15.4. The Labute approximate surface area is 128 Å². The molecule has 0 fully saturated rings. The molecule has 2 aromatic rings. The molecule has 1 aromatic carbocycles. The minimum atomic E-state index is -0.175. The number of anilines is 1. The van der Waals surface area contributed by atoms with Crippen LogP contribution in [0, 0.1) is 6.92 Å². The quantitative estimate of drug-likeness (QED) is 0.911. The molecule has 2 N–H and O–H groups in total. The Hall–Kier alpha value is -2.14. The molecule has 0 saturated heterocycles. The molecule has 4 nitrogen and oxygen atoms in total. The molecular formula is C16H18N2O2S. The van der Waals surface area contributed by atoms with Gasteiger partial charge < -0.3 is 10.6 Å². The normalized spacial score (nSPS) is 10.2. The highest BCUT2D eigenvalue weighted by Crippen LogP contribution is 2.23. The molecule has 0 saturated carbocycles. The van der Waals surface area contributed by atoms with Crippen molar-refractivity contribution in [1.29, 1.82) is 0 Å². The molecule has 0 bridgehead atoms. The summed E-state index contributed by atoms with van der Waals surface area (Å²) in [6.45, 7) is 4.09. The Morgan fingerprint density at radius 2 is 1.95 bits per heavy atom. The van der Waals surface area contributed by atoms with E-state index in [0.29, 0.717) is 16.1 Å². The Kier molecular flexibility index (Phi) is 4.75. The molecule has 2 rings (SSSR count). The third-order valence-corrected chi connectivity index (χ3v) is 4.56. The largest absolute Gasteiger partial charge is 0.355 e. The van der Waals surface area contributed by atoms with Gasteiger partial charge in [-0.15, -0.1) is 11.3 Å². The average Bonchev–Trinajstić information content (AvgIpc) is 2.88. The maximum absolute atomic E-state index is 12.2. The number of benzene rings is 1. The van der Waals surface area contributed by atoms with Crippen molar-refractivity contribution in [2.75, 3.05) is 12.4 Å². The molecule has 2 amide bonds. The van der Waals surface area contributed by atoms with Crippen LogP contribution >= 0.6 is 11.3 Å². The second-order valence-electron chi connectivity index (χ2n) is 4.68. The highest BCUT2D eigenvalue weighted by molar-refractivity contribution is 7.14. The summed E-state index contributed by atoms with van der Waals surface area (Å²) in [6, 6.07) is 8.79. The van der Waals surface area contributed by atoms with Crippen LogP contribution in [0.5, 0.6) is 0 Å². The number of hydrogen-bond donors (Lipinski definition) is 2. The monoisotopic (exact) mass is 302 g/mol. The predicted octanol–water partition coefficient (Wildman–Crippen LogP) is 3.23. The molecule has 1 aromatic heterocycles. The van der Waals surface area contributed by atoms with Gasteiger partial charge in [-0.05, 0) is 43.2 Å². The summed E-state index contributed by atoms with van der Waals surface area (Å²) in [4.78, 5) is 25.7. The number of hydrogen-bond acceptors (Lipinski definition) is 3. The lowest BCUT2D eigenvalue weighted by Crippen LogP contribution is -2.18. The van der Waals surface area contributed by atoms with Crippen LogP contribution in [0.15, 0.2) is 30.3 Å². The van der Waals surface area contributed by atoms with Gasteiger partial charge in [0, 0.05) is 23.2 Å². The van der Waals surface area contributed by atoms with Gasteiger partial charge in [0.15, 0.2) is 0 Å². The lowest BCUT2D eigenvalue weighted by Gasteiger charge is -2.05. The molecule has 0 aliphatic heterocycles. The van der Waals surface area contributed by atoms with E-state index in [1.54, 1.807) is 31.3 Å². The Morgan fingerprint density at radius 1 is 1.19 bits per heavy atom. The van der Waals surface area contributed by atoms with Gasteiger partial charge in [0.1, 0.15) is 0 Å². The Balaban J connectivity index is 2.17. The van der Waals surface area contributed by atoms with Crippen molar-refractivity contribution < 1.29 is 9.59 Å². The van der Waals surface area contributed by atoms with E-state index in [-0.39, 0.29) is 11.8 Å². The standard InChI is InChI=1S/C16H18N2O2S/c1-4-13-10(2)8-14(21-13)16(20)18-12-7-5-6-11(9-12)15(19)17-3/h5-9H,4H2,1-3H3,(H,17,19)(H,18,20). The molecule has 1 heterocycles. The SMILES string of the molecule is CCc1sc(C(=O)Nc2cccc(C(=O)NC)c2)cc1C. The van der Waals surface area contributed by atoms with Gasteiger partial charge >= 0.3 is 0 Å². The fourth-order valence-corrected chi connectivity index (χ4v) is 3.07. The van der Waals surface area contributed by atoms with Crippen LogP contribution < -0.4 is 10.6 Å². The number of carbonyl (C=O) groups is 2. The smallest absolute Gasteiger partial charge is 0.265 e. The summed E-state index contributed by atoms with van der Waals surface area (Å²) in [6.07, 6.45) is 0.927. The maximum Gasteiger partial charge on any atom is 0.265 e. The number of amides is 2. The molecule has 0 spiro atoms. The van der Waals surface area contributed by atoms with E-state index in [9.17, 15) is 9.59 Å². The van der Waals surface area contributed by atoms with Crippen molar-refractivity contribution in [1.82, 2.24) is 5.32 Å². The third-order valence-electron chi connectivity index (χ3n) is 3.18. The Morgan fingerprint density at radius 3 is 2.57 bits per heavy atom. The van der Waals surface area contributed by atoms with Crippen molar-refractivity contribution >= 4 is 28.8 Å². The highest BCUT2D eigenvalue weighted by Gasteiger charge is 2.12. The van der Waals surface area contributed by atoms with Crippen LogP contribution in [-0.4, -0.2) is 18.9 Å². The molecular weight excluding hydrogens is 284 g/mol. The summed E-state index contributed by atoms with van der Waals surface area (Å²) >= 11 is 1.51. The van der Waals surface area contributed by atoms with Crippen LogP contribution in [0.25, 0.3) is 0 Å². The summed E-state index contributed by atoms with van der Waals surface area (Å²) < 4.78 is 0. The number of aryl methyl sites for hydroxylation is 2. The van der Waals surface area contributed by atoms with Crippen LogP contribution in [0.2, 0.25) is 0 Å². The molecule has 110 valence electrons. The number of rotatable bonds is 4. The first-order valence-electron chi connectivity index (χ1n) is 6.78. The predicted molar refractivity (Wildman–Crippen MR) is 86.2 cm³/mol. The fraction of sp³-hybridized carbons (Fsp3) is 0.250. The van der Waals surface area contributed by atoms with Crippen LogP contribution in [0.3, 0.4) is 0 Å². The van der Waals surface area contributed by atoms with Gasteiger partial charge in [0.2, 0.25) is 0 Å². The van der Waals surface area contributed by atoms with Crippen LogP contribution in [0.1, 0.15) is 37.4 Å². The Bertz CT molecular complexity index is 677. The van der Waals surface area contributed by atoms with Gasteiger partial charge in [-0.2, -0.15) is 0 Å². The lowest BCUT2D eigenvalue weighted by molar-refractivity contribution is 0.0961. The topological polar surface area (TPSA) is 58.2 Å². The number of thiophene rings is 1. The van der Waals surface area contributed by atoms with Crippen LogP contribution in [-0.2, 0) is 6.42 Å². The first-order chi connectivity index (χ1) is 10.0. The lowest BCUT2D eigenvalue weighted by atomic mass is 10.2. The minimum absolute atomic E-state index is 0.142. The molecule has 21 heavy (non-hydrogen) atoms. The van der Waals surface area contributed by atoms with Crippen molar-refractivity contribution in [2.45, 2.75) is 20.3 Å². The molecule has 0 aliphatic rings. The fourth-order valence-electron chi connectivity index (χ4n) is 2.06. The van der Waals surface area contributed by atoms with E-state index < -0.39 is 0 Å². The summed E-state index contributed by atoms with van der Waals surface area (Å²) in [5.41, 5.74) is 2.28. The van der Waals surface area contributed by atoms with Crippen molar-refractivity contribution in [3.8, 4) is 0 Å². The summed E-state index contributed by atoms with van der Waals surface area (Å²) in [5.74, 6) is -0.316. The van der Waals surface area contributed by atoms with Crippen molar-refractivity contribution in [3.63, 3.8) is 0 Å². The molecule has 0 atom stereocenters. The van der Waals surface area contributed by atoms with Gasteiger partial charge in [0.05, 0.1) is 4.88 Å².